The average molecular weight is 489 g/mol. The quantitative estimate of drug-likeness (QED) is 0.279. The molecule has 1 aromatic rings. The lowest BCUT2D eigenvalue weighted by molar-refractivity contribution is -0.308. The number of anilines is 1. The summed E-state index contributed by atoms with van der Waals surface area (Å²) in [5.74, 6) is -2.07. The van der Waals surface area contributed by atoms with Crippen molar-refractivity contribution in [3.8, 4) is 0 Å². The molecule has 4 saturated carbocycles. The fourth-order valence-electron chi connectivity index (χ4n) is 5.76. The summed E-state index contributed by atoms with van der Waals surface area (Å²) in [5, 5.41) is 3.39. The molecule has 9 nitrogen and oxygen atoms in total. The molecule has 5 aliphatic rings. The number of thiazole rings is 1. The molecule has 1 spiro atoms. The molecule has 0 radical (unpaired) electrons. The first-order valence-corrected chi connectivity index (χ1v) is 11.6. The van der Waals surface area contributed by atoms with E-state index in [2.05, 4.69) is 20.4 Å². The van der Waals surface area contributed by atoms with Crippen LogP contribution in [0.15, 0.2) is 5.10 Å². The third-order valence-electron chi connectivity index (χ3n) is 6.79. The van der Waals surface area contributed by atoms with Crippen LogP contribution in [0.3, 0.4) is 0 Å². The Labute approximate surface area is 190 Å². The van der Waals surface area contributed by atoms with E-state index in [1.807, 2.05) is 0 Å². The first-order valence-electron chi connectivity index (χ1n) is 10.8. The normalized spacial score (nSPS) is 32.8. The Bertz CT molecular complexity index is 944. The Kier molecular flexibility index (Phi) is 5.60. The van der Waals surface area contributed by atoms with Crippen molar-refractivity contribution in [2.75, 3.05) is 12.0 Å². The Morgan fingerprint density at radius 2 is 1.70 bits per heavy atom. The number of nitrogens with zero attached hydrogens (tertiary/aromatic N) is 2. The van der Waals surface area contributed by atoms with Crippen LogP contribution >= 0.6 is 11.3 Å². The van der Waals surface area contributed by atoms with E-state index in [0.29, 0.717) is 23.2 Å². The Hall–Kier alpha value is -2.25. The molecule has 33 heavy (non-hydrogen) atoms. The van der Waals surface area contributed by atoms with Crippen LogP contribution in [0.25, 0.3) is 0 Å². The molecule has 1 aliphatic heterocycles. The number of hydrazone groups is 1. The molecular weight excluding hydrogens is 467 g/mol. The smallest absolute Gasteiger partial charge is 0.417 e. The van der Waals surface area contributed by atoms with Gasteiger partial charge in [0.05, 0.1) is 11.5 Å². The SMILES string of the molecule is CCOOCc1sc(NN=C2C(=O)OC3(OC2=O)C2CC4CC(C2)CC3C4)nc1C(F)(F)F. The molecule has 0 unspecified atom stereocenters. The minimum Gasteiger partial charge on any atom is -0.417 e. The molecule has 1 saturated heterocycles. The van der Waals surface area contributed by atoms with Gasteiger partial charge < -0.3 is 9.47 Å². The van der Waals surface area contributed by atoms with Crippen molar-refractivity contribution >= 4 is 34.1 Å². The van der Waals surface area contributed by atoms with E-state index in [-0.39, 0.29) is 28.5 Å². The van der Waals surface area contributed by atoms with Gasteiger partial charge >= 0.3 is 18.1 Å². The summed E-state index contributed by atoms with van der Waals surface area (Å²) >= 11 is 0.609. The van der Waals surface area contributed by atoms with E-state index in [4.69, 9.17) is 14.4 Å². The van der Waals surface area contributed by atoms with E-state index in [1.165, 1.54) is 6.42 Å². The van der Waals surface area contributed by atoms with Crippen molar-refractivity contribution in [2.45, 2.75) is 57.6 Å². The van der Waals surface area contributed by atoms with Gasteiger partial charge in [0.15, 0.2) is 5.69 Å². The molecule has 180 valence electrons. The summed E-state index contributed by atoms with van der Waals surface area (Å²) in [7, 11) is 0. The third-order valence-corrected chi connectivity index (χ3v) is 7.72. The van der Waals surface area contributed by atoms with Crippen LogP contribution < -0.4 is 5.43 Å². The van der Waals surface area contributed by atoms with Gasteiger partial charge in [-0.25, -0.2) is 24.3 Å². The number of alkyl halides is 3. The fourth-order valence-corrected chi connectivity index (χ4v) is 6.58. The number of rotatable bonds is 6. The molecule has 0 atom stereocenters. The van der Waals surface area contributed by atoms with Crippen LogP contribution in [0.1, 0.15) is 49.6 Å². The molecule has 6 rings (SSSR count). The highest BCUT2D eigenvalue weighted by molar-refractivity contribution is 7.15. The van der Waals surface area contributed by atoms with Crippen LogP contribution in [-0.4, -0.2) is 35.0 Å². The number of esters is 2. The highest BCUT2D eigenvalue weighted by atomic mass is 32.1. The lowest BCUT2D eigenvalue weighted by Crippen LogP contribution is -2.65. The largest absolute Gasteiger partial charge is 0.434 e. The van der Waals surface area contributed by atoms with Crippen LogP contribution in [0.5, 0.6) is 0 Å². The second kappa shape index (κ2) is 8.20. The van der Waals surface area contributed by atoms with Crippen LogP contribution in [-0.2, 0) is 41.6 Å². The van der Waals surface area contributed by atoms with E-state index < -0.39 is 41.9 Å². The molecule has 4 bridgehead atoms. The number of carbonyl (C=O) groups excluding carboxylic acids is 2. The van der Waals surface area contributed by atoms with Crippen LogP contribution in [0.2, 0.25) is 0 Å². The Morgan fingerprint density at radius 3 is 2.24 bits per heavy atom. The second-order valence-electron chi connectivity index (χ2n) is 8.83. The average Bonchev–Trinajstić information content (AvgIpc) is 3.15. The number of ether oxygens (including phenoxy) is 2. The highest BCUT2D eigenvalue weighted by Crippen LogP contribution is 2.60. The van der Waals surface area contributed by atoms with Crippen LogP contribution in [0.4, 0.5) is 18.3 Å². The molecule has 1 N–H and O–H groups in total. The lowest BCUT2D eigenvalue weighted by atomic mass is 9.53. The Balaban J connectivity index is 1.32. The number of nitrogens with one attached hydrogen (secondary N) is 1. The van der Waals surface area contributed by atoms with E-state index >= 15 is 0 Å². The summed E-state index contributed by atoms with van der Waals surface area (Å²) in [6.45, 7) is 1.31. The van der Waals surface area contributed by atoms with Crippen molar-refractivity contribution in [3.63, 3.8) is 0 Å². The predicted octanol–water partition coefficient (Wildman–Crippen LogP) is 3.65. The minimum atomic E-state index is -4.73. The molecule has 2 heterocycles. The topological polar surface area (TPSA) is 108 Å². The van der Waals surface area contributed by atoms with Gasteiger partial charge in [0, 0.05) is 11.8 Å². The van der Waals surface area contributed by atoms with Gasteiger partial charge in [-0.1, -0.05) is 11.3 Å². The van der Waals surface area contributed by atoms with Crippen molar-refractivity contribution in [1.82, 2.24) is 4.98 Å². The number of aromatic nitrogens is 1. The minimum absolute atomic E-state index is 0.0302. The standard InChI is InChI=1S/C20H22F3N3O6S/c1-2-29-30-8-13-15(20(21,22)23)24-18(33-13)26-25-14-16(27)31-19(32-17(14)28)11-4-9-3-10(6-11)7-12(19)5-9/h9-12H,2-8H2,1H3,(H,24,26). The lowest BCUT2D eigenvalue weighted by Gasteiger charge is -2.59. The van der Waals surface area contributed by atoms with Gasteiger partial charge in [-0.05, 0) is 50.9 Å². The molecule has 5 fully saturated rings. The van der Waals surface area contributed by atoms with Crippen molar-refractivity contribution in [3.05, 3.63) is 10.6 Å². The van der Waals surface area contributed by atoms with Gasteiger partial charge in [0.1, 0.15) is 6.61 Å². The molecule has 13 heteroatoms. The molecule has 1 aromatic heterocycles. The zero-order chi connectivity index (χ0) is 23.4. The van der Waals surface area contributed by atoms with Crippen LogP contribution in [0, 0.1) is 23.7 Å². The van der Waals surface area contributed by atoms with Crippen molar-refractivity contribution < 1.29 is 42.0 Å². The van der Waals surface area contributed by atoms with E-state index in [0.717, 1.165) is 25.7 Å². The zero-order valence-corrected chi connectivity index (χ0v) is 18.5. The fraction of sp³-hybridized carbons (Fsp3) is 0.700. The van der Waals surface area contributed by atoms with Gasteiger partial charge in [0.25, 0.3) is 11.5 Å². The molecule has 0 aromatic carbocycles. The summed E-state index contributed by atoms with van der Waals surface area (Å²) in [6, 6.07) is 0. The van der Waals surface area contributed by atoms with Gasteiger partial charge in [-0.3, -0.25) is 5.43 Å². The molecular formula is C20H22F3N3O6S. The maximum atomic E-state index is 13.3. The predicted molar refractivity (Wildman–Crippen MR) is 107 cm³/mol. The maximum Gasteiger partial charge on any atom is 0.434 e. The van der Waals surface area contributed by atoms with Gasteiger partial charge in [-0.15, -0.1) is 0 Å². The first-order chi connectivity index (χ1) is 15.7. The first kappa shape index (κ1) is 22.5. The number of halogens is 3. The zero-order valence-electron chi connectivity index (χ0n) is 17.6. The summed E-state index contributed by atoms with van der Waals surface area (Å²) in [4.78, 5) is 38.0. The third kappa shape index (κ3) is 3.99. The monoisotopic (exact) mass is 489 g/mol. The van der Waals surface area contributed by atoms with E-state index in [9.17, 15) is 22.8 Å². The number of hydrogen-bond donors (Lipinski definition) is 1. The molecule has 4 aliphatic carbocycles. The number of carbonyl (C=O) groups is 2. The van der Waals surface area contributed by atoms with E-state index in [1.54, 1.807) is 6.92 Å². The maximum absolute atomic E-state index is 13.3. The summed E-state index contributed by atoms with van der Waals surface area (Å²) < 4.78 is 51.2. The Morgan fingerprint density at radius 1 is 1.09 bits per heavy atom. The van der Waals surface area contributed by atoms with Crippen molar-refractivity contribution in [2.24, 2.45) is 28.8 Å². The van der Waals surface area contributed by atoms with Crippen molar-refractivity contribution in [1.29, 1.82) is 0 Å². The summed E-state index contributed by atoms with van der Waals surface area (Å²) in [6.07, 6.45) is -0.154. The molecule has 0 amide bonds. The summed E-state index contributed by atoms with van der Waals surface area (Å²) in [5.41, 5.74) is 0.420. The highest BCUT2D eigenvalue weighted by Gasteiger charge is 2.64. The number of hydrogen-bond acceptors (Lipinski definition) is 10. The van der Waals surface area contributed by atoms with Gasteiger partial charge in [0.2, 0.25) is 5.13 Å². The van der Waals surface area contributed by atoms with Gasteiger partial charge in [-0.2, -0.15) is 18.3 Å². The second-order valence-corrected chi connectivity index (χ2v) is 9.92.